The first-order valence-corrected chi connectivity index (χ1v) is 10.8. The highest BCUT2D eigenvalue weighted by Gasteiger charge is 2.21. The first-order valence-electron chi connectivity index (χ1n) is 10.8. The molecular formula is C26H22N4O2. The second kappa shape index (κ2) is 7.73. The summed E-state index contributed by atoms with van der Waals surface area (Å²) in [5.74, 6) is -0.0183. The molecule has 4 aromatic rings. The van der Waals surface area contributed by atoms with Gasteiger partial charge in [-0.3, -0.25) is 9.78 Å². The molecule has 0 spiro atoms. The van der Waals surface area contributed by atoms with Crippen LogP contribution in [0.15, 0.2) is 67.1 Å². The zero-order valence-corrected chi connectivity index (χ0v) is 17.5. The molecule has 5 heterocycles. The normalized spacial score (nSPS) is 15.5. The lowest BCUT2D eigenvalue weighted by Crippen LogP contribution is -2.12. The van der Waals surface area contributed by atoms with Gasteiger partial charge in [0.05, 0.1) is 30.1 Å². The van der Waals surface area contributed by atoms with Crippen LogP contribution in [0, 0.1) is 0 Å². The minimum absolute atomic E-state index is 0.0183. The zero-order chi connectivity index (χ0) is 21.5. The third-order valence-electron chi connectivity index (χ3n) is 6.20. The topological polar surface area (TPSA) is 69.0 Å². The number of benzene rings is 1. The molecule has 0 saturated carbocycles. The first-order chi connectivity index (χ1) is 15.8. The maximum absolute atomic E-state index is 12.2. The summed E-state index contributed by atoms with van der Waals surface area (Å²) in [6, 6.07) is 14.4. The number of hydrogen-bond acceptors (Lipinski definition) is 4. The van der Waals surface area contributed by atoms with Crippen LogP contribution in [0.25, 0.3) is 27.7 Å². The van der Waals surface area contributed by atoms with E-state index in [2.05, 4.69) is 51.4 Å². The number of fused-ring (bicyclic) bond motifs is 2. The van der Waals surface area contributed by atoms with E-state index in [1.165, 1.54) is 5.57 Å². The van der Waals surface area contributed by atoms with Crippen LogP contribution < -0.4 is 5.32 Å². The average Bonchev–Trinajstić information content (AvgIpc) is 3.43. The Morgan fingerprint density at radius 3 is 2.97 bits per heavy atom. The lowest BCUT2D eigenvalue weighted by Gasteiger charge is -2.16. The number of amides is 1. The van der Waals surface area contributed by atoms with Crippen molar-refractivity contribution in [3.05, 3.63) is 89.5 Å². The number of rotatable bonds is 4. The summed E-state index contributed by atoms with van der Waals surface area (Å²) in [5, 5.41) is 4.03. The van der Waals surface area contributed by atoms with E-state index in [4.69, 9.17) is 9.72 Å². The van der Waals surface area contributed by atoms with Crippen molar-refractivity contribution in [2.75, 3.05) is 13.2 Å². The number of aromatic nitrogens is 3. The highest BCUT2D eigenvalue weighted by Crippen LogP contribution is 2.33. The van der Waals surface area contributed by atoms with Crippen molar-refractivity contribution in [2.24, 2.45) is 0 Å². The van der Waals surface area contributed by atoms with Crippen molar-refractivity contribution in [3.63, 3.8) is 0 Å². The predicted molar refractivity (Wildman–Crippen MR) is 123 cm³/mol. The average molecular weight is 422 g/mol. The molecule has 1 aromatic carbocycles. The van der Waals surface area contributed by atoms with Gasteiger partial charge in [-0.05, 0) is 47.4 Å². The van der Waals surface area contributed by atoms with Gasteiger partial charge in [0, 0.05) is 48.2 Å². The monoisotopic (exact) mass is 422 g/mol. The molecule has 0 bridgehead atoms. The van der Waals surface area contributed by atoms with Crippen LogP contribution in [0.4, 0.5) is 0 Å². The third kappa shape index (κ3) is 3.29. The molecule has 6 heteroatoms. The number of pyridine rings is 2. The molecular weight excluding hydrogens is 400 g/mol. The highest BCUT2D eigenvalue weighted by molar-refractivity contribution is 6.00. The van der Waals surface area contributed by atoms with Crippen molar-refractivity contribution in [3.8, 4) is 11.3 Å². The summed E-state index contributed by atoms with van der Waals surface area (Å²) in [6.45, 7) is 2.63. The molecule has 1 N–H and O–H groups in total. The van der Waals surface area contributed by atoms with Crippen molar-refractivity contribution in [1.82, 2.24) is 19.9 Å². The molecule has 3 aromatic heterocycles. The van der Waals surface area contributed by atoms with Crippen LogP contribution in [-0.4, -0.2) is 33.7 Å². The van der Waals surface area contributed by atoms with Gasteiger partial charge in [0.1, 0.15) is 0 Å². The van der Waals surface area contributed by atoms with E-state index in [0.717, 1.165) is 57.5 Å². The fourth-order valence-electron chi connectivity index (χ4n) is 4.52. The number of hydrogen-bond donors (Lipinski definition) is 1. The fourth-order valence-corrected chi connectivity index (χ4v) is 4.52. The van der Waals surface area contributed by atoms with Crippen LogP contribution >= 0.6 is 0 Å². The number of nitrogens with one attached hydrogen (secondary N) is 1. The molecule has 32 heavy (non-hydrogen) atoms. The lowest BCUT2D eigenvalue weighted by molar-refractivity contribution is 0.0966. The molecule has 2 aliphatic heterocycles. The van der Waals surface area contributed by atoms with Gasteiger partial charge in [-0.25, -0.2) is 4.98 Å². The van der Waals surface area contributed by atoms with E-state index < -0.39 is 0 Å². The molecule has 0 aliphatic carbocycles. The first kappa shape index (κ1) is 19.0. The highest BCUT2D eigenvalue weighted by atomic mass is 16.5. The standard InChI is InChI=1S/C26H22N4O2/c31-26-22-12-19(3-4-20(22)15-28-26)23-13-24-21(25(29-23)18-6-10-32-11-7-18)5-9-30(24)16-17-2-1-8-27-14-17/h1-6,8-9,12-14H,7,10-11,15-16H2,(H,28,31). The summed E-state index contributed by atoms with van der Waals surface area (Å²) >= 11 is 0. The number of carbonyl (C=O) groups is 1. The van der Waals surface area contributed by atoms with Crippen LogP contribution in [0.5, 0.6) is 0 Å². The Morgan fingerprint density at radius 1 is 1.16 bits per heavy atom. The van der Waals surface area contributed by atoms with Gasteiger partial charge in [-0.1, -0.05) is 24.3 Å². The Morgan fingerprint density at radius 2 is 2.12 bits per heavy atom. The Hall–Kier alpha value is -3.77. The van der Waals surface area contributed by atoms with Gasteiger partial charge in [-0.15, -0.1) is 0 Å². The number of nitrogens with zero attached hydrogens (tertiary/aromatic N) is 3. The van der Waals surface area contributed by atoms with Crippen molar-refractivity contribution < 1.29 is 9.53 Å². The smallest absolute Gasteiger partial charge is 0.251 e. The van der Waals surface area contributed by atoms with Gasteiger partial charge >= 0.3 is 0 Å². The molecule has 1 amide bonds. The zero-order valence-electron chi connectivity index (χ0n) is 17.5. The molecule has 158 valence electrons. The molecule has 2 aliphatic rings. The van der Waals surface area contributed by atoms with Crippen molar-refractivity contribution in [1.29, 1.82) is 0 Å². The Bertz CT molecular complexity index is 1370. The van der Waals surface area contributed by atoms with E-state index in [0.29, 0.717) is 19.8 Å². The summed E-state index contributed by atoms with van der Waals surface area (Å²) in [5.41, 5.74) is 8.06. The van der Waals surface area contributed by atoms with Gasteiger partial charge in [0.25, 0.3) is 5.91 Å². The van der Waals surface area contributed by atoms with Crippen LogP contribution in [0.2, 0.25) is 0 Å². The summed E-state index contributed by atoms with van der Waals surface area (Å²) in [6.07, 6.45) is 8.77. The Balaban J connectivity index is 1.52. The molecule has 6 nitrogen and oxygen atoms in total. The minimum atomic E-state index is -0.0183. The molecule has 0 fully saturated rings. The maximum atomic E-state index is 12.2. The number of carbonyl (C=O) groups excluding carboxylic acids is 1. The third-order valence-corrected chi connectivity index (χ3v) is 6.20. The maximum Gasteiger partial charge on any atom is 0.251 e. The van der Waals surface area contributed by atoms with Crippen LogP contribution in [0.1, 0.15) is 33.6 Å². The summed E-state index contributed by atoms with van der Waals surface area (Å²) in [7, 11) is 0. The Kier molecular flexibility index (Phi) is 4.58. The lowest BCUT2D eigenvalue weighted by atomic mass is 10.00. The van der Waals surface area contributed by atoms with E-state index in [1.807, 2.05) is 24.4 Å². The fraction of sp³-hybridized carbons (Fsp3) is 0.192. The molecule has 6 rings (SSSR count). The van der Waals surface area contributed by atoms with Crippen LogP contribution in [-0.2, 0) is 17.8 Å². The van der Waals surface area contributed by atoms with Crippen LogP contribution in [0.3, 0.4) is 0 Å². The van der Waals surface area contributed by atoms with Gasteiger partial charge < -0.3 is 14.6 Å². The molecule has 0 atom stereocenters. The summed E-state index contributed by atoms with van der Waals surface area (Å²) < 4.78 is 7.77. The van der Waals surface area contributed by atoms with Gasteiger partial charge in [0.2, 0.25) is 0 Å². The minimum Gasteiger partial charge on any atom is -0.377 e. The van der Waals surface area contributed by atoms with E-state index >= 15 is 0 Å². The quantitative estimate of drug-likeness (QED) is 0.535. The second-order valence-corrected chi connectivity index (χ2v) is 8.20. The van der Waals surface area contributed by atoms with E-state index in [-0.39, 0.29) is 5.91 Å². The van der Waals surface area contributed by atoms with E-state index in [9.17, 15) is 4.79 Å². The number of ether oxygens (including phenoxy) is 1. The molecule has 0 unspecified atom stereocenters. The largest absolute Gasteiger partial charge is 0.377 e. The Labute approximate surface area is 185 Å². The second-order valence-electron chi connectivity index (χ2n) is 8.20. The predicted octanol–water partition coefficient (Wildman–Crippen LogP) is 4.19. The van der Waals surface area contributed by atoms with Gasteiger partial charge in [0.15, 0.2) is 0 Å². The van der Waals surface area contributed by atoms with E-state index in [1.54, 1.807) is 6.20 Å². The SMILES string of the molecule is O=C1NCc2ccc(-c3cc4c(ccn4Cc4cccnc4)c(C4=CCOCC4)n3)cc21. The summed E-state index contributed by atoms with van der Waals surface area (Å²) in [4.78, 5) is 21.6. The molecule has 0 radical (unpaired) electrons. The van der Waals surface area contributed by atoms with Crippen molar-refractivity contribution >= 4 is 22.4 Å². The molecule has 0 saturated heterocycles. The van der Waals surface area contributed by atoms with Crippen molar-refractivity contribution in [2.45, 2.75) is 19.5 Å². The van der Waals surface area contributed by atoms with Gasteiger partial charge in [-0.2, -0.15) is 0 Å².